The van der Waals surface area contributed by atoms with E-state index >= 15 is 0 Å². The van der Waals surface area contributed by atoms with Gasteiger partial charge in [-0.1, -0.05) is 0 Å². The topological polar surface area (TPSA) is 75.9 Å². The van der Waals surface area contributed by atoms with Crippen molar-refractivity contribution in [2.45, 2.75) is 39.3 Å². The van der Waals surface area contributed by atoms with E-state index in [1.807, 2.05) is 13.0 Å². The van der Waals surface area contributed by atoms with Crippen LogP contribution in [-0.4, -0.2) is 28.6 Å². The zero-order valence-corrected chi connectivity index (χ0v) is 10.2. The Morgan fingerprint density at radius 3 is 2.56 bits per heavy atom. The zero-order valence-electron chi connectivity index (χ0n) is 10.2. The van der Waals surface area contributed by atoms with E-state index in [0.717, 1.165) is 24.6 Å². The summed E-state index contributed by atoms with van der Waals surface area (Å²) in [5.41, 5.74) is 5.67. The highest BCUT2D eigenvalue weighted by Crippen LogP contribution is 2.09. The van der Waals surface area contributed by atoms with Gasteiger partial charge in [-0.25, -0.2) is 9.97 Å². The summed E-state index contributed by atoms with van der Waals surface area (Å²) >= 11 is 0. The highest BCUT2D eigenvalue weighted by Gasteiger charge is 2.00. The number of aromatic nitrogens is 2. The van der Waals surface area contributed by atoms with Crippen LogP contribution in [0.5, 0.6) is 0 Å². The Hall–Kier alpha value is -1.36. The summed E-state index contributed by atoms with van der Waals surface area (Å²) < 4.78 is 0. The van der Waals surface area contributed by atoms with Crippen molar-refractivity contribution in [1.82, 2.24) is 9.97 Å². The number of hydrogen-bond donors (Lipinski definition) is 3. The van der Waals surface area contributed by atoms with Crippen LogP contribution in [0.25, 0.3) is 0 Å². The summed E-state index contributed by atoms with van der Waals surface area (Å²) in [6.07, 6.45) is 2.48. The first-order valence-corrected chi connectivity index (χ1v) is 5.66. The molecular weight excluding hydrogens is 202 g/mol. The molecule has 5 heteroatoms. The molecule has 90 valence electrons. The minimum Gasteiger partial charge on any atom is -0.370 e. The fraction of sp³-hybridized carbons (Fsp3) is 0.636. The van der Waals surface area contributed by atoms with E-state index < -0.39 is 0 Å². The summed E-state index contributed by atoms with van der Waals surface area (Å²) in [5, 5.41) is 6.45. The van der Waals surface area contributed by atoms with Crippen LogP contribution >= 0.6 is 0 Å². The van der Waals surface area contributed by atoms with Crippen molar-refractivity contribution in [2.24, 2.45) is 5.73 Å². The SMILES string of the molecule is CC(N)CCNc1cc(NC(C)C)ncn1. The second-order valence-corrected chi connectivity index (χ2v) is 4.28. The number of nitrogens with two attached hydrogens (primary N) is 1. The smallest absolute Gasteiger partial charge is 0.131 e. The molecule has 1 heterocycles. The summed E-state index contributed by atoms with van der Waals surface area (Å²) in [7, 11) is 0. The van der Waals surface area contributed by atoms with Crippen molar-refractivity contribution in [3.8, 4) is 0 Å². The average Bonchev–Trinajstić information content (AvgIpc) is 2.16. The highest BCUT2D eigenvalue weighted by molar-refractivity contribution is 5.46. The molecule has 1 aromatic heterocycles. The number of hydrogen-bond acceptors (Lipinski definition) is 5. The summed E-state index contributed by atoms with van der Waals surface area (Å²) in [4.78, 5) is 8.28. The molecule has 0 aromatic carbocycles. The van der Waals surface area contributed by atoms with Crippen LogP contribution in [0.15, 0.2) is 12.4 Å². The van der Waals surface area contributed by atoms with Gasteiger partial charge in [0, 0.05) is 24.7 Å². The molecule has 0 saturated carbocycles. The fourth-order valence-corrected chi connectivity index (χ4v) is 1.26. The molecule has 0 amide bonds. The van der Waals surface area contributed by atoms with Gasteiger partial charge in [0.05, 0.1) is 0 Å². The number of rotatable bonds is 6. The largest absolute Gasteiger partial charge is 0.370 e. The van der Waals surface area contributed by atoms with Crippen LogP contribution in [0.1, 0.15) is 27.2 Å². The van der Waals surface area contributed by atoms with Crippen LogP contribution in [0, 0.1) is 0 Å². The molecule has 0 saturated heterocycles. The lowest BCUT2D eigenvalue weighted by Gasteiger charge is -2.11. The second kappa shape index (κ2) is 6.27. The fourth-order valence-electron chi connectivity index (χ4n) is 1.26. The minimum absolute atomic E-state index is 0.211. The van der Waals surface area contributed by atoms with Crippen LogP contribution in [-0.2, 0) is 0 Å². The van der Waals surface area contributed by atoms with E-state index in [1.54, 1.807) is 6.33 Å². The van der Waals surface area contributed by atoms with Gasteiger partial charge in [0.1, 0.15) is 18.0 Å². The Balaban J connectivity index is 2.47. The van der Waals surface area contributed by atoms with Crippen LogP contribution in [0.3, 0.4) is 0 Å². The molecule has 1 unspecified atom stereocenters. The molecule has 16 heavy (non-hydrogen) atoms. The summed E-state index contributed by atoms with van der Waals surface area (Å²) in [6, 6.07) is 2.48. The Bertz CT molecular complexity index is 311. The van der Waals surface area contributed by atoms with Crippen LogP contribution in [0.2, 0.25) is 0 Å². The minimum atomic E-state index is 0.211. The molecule has 0 fully saturated rings. The lowest BCUT2D eigenvalue weighted by atomic mass is 10.2. The normalized spacial score (nSPS) is 12.6. The predicted octanol–water partition coefficient (Wildman–Crippen LogP) is 1.45. The average molecular weight is 223 g/mol. The third-order valence-corrected chi connectivity index (χ3v) is 2.01. The molecule has 0 aliphatic rings. The molecule has 0 spiro atoms. The van der Waals surface area contributed by atoms with E-state index in [9.17, 15) is 0 Å². The third kappa shape index (κ3) is 4.93. The zero-order chi connectivity index (χ0) is 12.0. The third-order valence-electron chi connectivity index (χ3n) is 2.01. The quantitative estimate of drug-likeness (QED) is 0.680. The molecule has 4 N–H and O–H groups in total. The standard InChI is InChI=1S/C11H21N5/c1-8(2)16-11-6-10(14-7-15-11)13-5-4-9(3)12/h6-9H,4-5,12H2,1-3H3,(H2,13,14,15,16). The van der Waals surface area contributed by atoms with Crippen molar-refractivity contribution in [1.29, 1.82) is 0 Å². The van der Waals surface area contributed by atoms with E-state index in [2.05, 4.69) is 34.4 Å². The monoisotopic (exact) mass is 223 g/mol. The number of nitrogens with zero attached hydrogens (tertiary/aromatic N) is 2. The molecule has 0 aliphatic heterocycles. The van der Waals surface area contributed by atoms with Gasteiger partial charge in [-0.15, -0.1) is 0 Å². The van der Waals surface area contributed by atoms with Crippen LogP contribution < -0.4 is 16.4 Å². The van der Waals surface area contributed by atoms with E-state index in [4.69, 9.17) is 5.73 Å². The van der Waals surface area contributed by atoms with Gasteiger partial charge in [-0.2, -0.15) is 0 Å². The Morgan fingerprint density at radius 1 is 1.25 bits per heavy atom. The maximum absolute atomic E-state index is 5.67. The van der Waals surface area contributed by atoms with Gasteiger partial charge in [-0.05, 0) is 27.2 Å². The molecule has 0 radical (unpaired) electrons. The lowest BCUT2D eigenvalue weighted by Crippen LogP contribution is -2.19. The van der Waals surface area contributed by atoms with Gasteiger partial charge in [0.25, 0.3) is 0 Å². The maximum Gasteiger partial charge on any atom is 0.131 e. The van der Waals surface area contributed by atoms with E-state index in [-0.39, 0.29) is 6.04 Å². The summed E-state index contributed by atoms with van der Waals surface area (Å²) in [5.74, 6) is 1.67. The molecule has 0 aliphatic carbocycles. The molecular formula is C11H21N5. The van der Waals surface area contributed by atoms with Gasteiger partial charge < -0.3 is 16.4 Å². The first-order chi connectivity index (χ1) is 7.58. The molecule has 1 aromatic rings. The Labute approximate surface area is 96.9 Å². The number of anilines is 2. The summed E-state index contributed by atoms with van der Waals surface area (Å²) in [6.45, 7) is 6.97. The first-order valence-electron chi connectivity index (χ1n) is 5.66. The molecule has 5 nitrogen and oxygen atoms in total. The van der Waals surface area contributed by atoms with Crippen molar-refractivity contribution in [3.63, 3.8) is 0 Å². The molecule has 1 rings (SSSR count). The van der Waals surface area contributed by atoms with Gasteiger partial charge in [0.2, 0.25) is 0 Å². The van der Waals surface area contributed by atoms with Crippen molar-refractivity contribution in [2.75, 3.05) is 17.2 Å². The van der Waals surface area contributed by atoms with Crippen molar-refractivity contribution < 1.29 is 0 Å². The van der Waals surface area contributed by atoms with Crippen LogP contribution in [0.4, 0.5) is 11.6 Å². The molecule has 0 bridgehead atoms. The van der Waals surface area contributed by atoms with Gasteiger partial charge in [0.15, 0.2) is 0 Å². The Morgan fingerprint density at radius 2 is 1.94 bits per heavy atom. The Kier molecular flexibility index (Phi) is 4.98. The predicted molar refractivity (Wildman–Crippen MR) is 67.5 cm³/mol. The van der Waals surface area contributed by atoms with E-state index in [0.29, 0.717) is 6.04 Å². The number of nitrogens with one attached hydrogen (secondary N) is 2. The van der Waals surface area contributed by atoms with E-state index in [1.165, 1.54) is 0 Å². The van der Waals surface area contributed by atoms with Gasteiger partial charge >= 0.3 is 0 Å². The highest BCUT2D eigenvalue weighted by atomic mass is 15.1. The van der Waals surface area contributed by atoms with Crippen molar-refractivity contribution in [3.05, 3.63) is 12.4 Å². The molecule has 1 atom stereocenters. The maximum atomic E-state index is 5.67. The second-order valence-electron chi connectivity index (χ2n) is 4.28. The first kappa shape index (κ1) is 12.7. The lowest BCUT2D eigenvalue weighted by molar-refractivity contribution is 0.689. The van der Waals surface area contributed by atoms with Gasteiger partial charge in [-0.3, -0.25) is 0 Å². The van der Waals surface area contributed by atoms with Crippen molar-refractivity contribution >= 4 is 11.6 Å².